The second kappa shape index (κ2) is 8.08. The molecule has 2 heterocycles. The van der Waals surface area contributed by atoms with E-state index < -0.39 is 10.0 Å². The minimum Gasteiger partial charge on any atom is -0.358 e. The van der Waals surface area contributed by atoms with Crippen LogP contribution < -0.4 is 0 Å². The van der Waals surface area contributed by atoms with Crippen molar-refractivity contribution in [2.75, 3.05) is 26.2 Å². The molecule has 0 unspecified atom stereocenters. The van der Waals surface area contributed by atoms with Crippen LogP contribution in [0, 0.1) is 11.3 Å². The minimum atomic E-state index is -3.78. The van der Waals surface area contributed by atoms with Gasteiger partial charge < -0.3 is 9.88 Å². The van der Waals surface area contributed by atoms with Gasteiger partial charge in [0.25, 0.3) is 5.91 Å². The molecule has 32 heavy (non-hydrogen) atoms. The predicted molar refractivity (Wildman–Crippen MR) is 121 cm³/mol. The van der Waals surface area contributed by atoms with Crippen LogP contribution in [0.3, 0.4) is 0 Å². The first kappa shape index (κ1) is 20.7. The quantitative estimate of drug-likeness (QED) is 0.666. The molecule has 5 rings (SSSR count). The first-order valence-electron chi connectivity index (χ1n) is 10.9. The van der Waals surface area contributed by atoms with Gasteiger partial charge in [0.15, 0.2) is 0 Å². The number of amides is 1. The summed E-state index contributed by atoms with van der Waals surface area (Å²) in [6.45, 7) is 1.04. The van der Waals surface area contributed by atoms with Crippen LogP contribution in [0.4, 0.5) is 0 Å². The van der Waals surface area contributed by atoms with Gasteiger partial charge in [-0.2, -0.15) is 9.57 Å². The number of nitrogens with one attached hydrogen (secondary N) is 1. The van der Waals surface area contributed by atoms with Gasteiger partial charge in [-0.3, -0.25) is 4.79 Å². The molecular weight excluding hydrogens is 424 g/mol. The predicted octanol–water partition coefficient (Wildman–Crippen LogP) is 3.07. The first-order chi connectivity index (χ1) is 15.5. The monoisotopic (exact) mass is 448 g/mol. The molecule has 1 aliphatic carbocycles. The van der Waals surface area contributed by atoms with E-state index in [1.807, 2.05) is 24.3 Å². The largest absolute Gasteiger partial charge is 0.358 e. The van der Waals surface area contributed by atoms with Crippen LogP contribution in [0.25, 0.3) is 10.9 Å². The molecular formula is C24H24N4O3S. The number of H-pyrrole nitrogens is 1. The van der Waals surface area contributed by atoms with E-state index in [2.05, 4.69) is 4.98 Å². The van der Waals surface area contributed by atoms with Crippen molar-refractivity contribution < 1.29 is 13.2 Å². The number of hydrogen-bond donors (Lipinski definition) is 1. The molecule has 1 amide bonds. The highest BCUT2D eigenvalue weighted by Gasteiger charge is 2.32. The van der Waals surface area contributed by atoms with E-state index in [1.165, 1.54) is 40.5 Å². The number of sulfonamides is 1. The smallest absolute Gasteiger partial charge is 0.253 e. The molecule has 8 heteroatoms. The highest BCUT2D eigenvalue weighted by Crippen LogP contribution is 2.30. The highest BCUT2D eigenvalue weighted by molar-refractivity contribution is 7.89. The van der Waals surface area contributed by atoms with Gasteiger partial charge >= 0.3 is 0 Å². The second-order valence-electron chi connectivity index (χ2n) is 8.35. The third-order valence-corrected chi connectivity index (χ3v) is 8.45. The summed E-state index contributed by atoms with van der Waals surface area (Å²) < 4.78 is 27.4. The van der Waals surface area contributed by atoms with E-state index in [9.17, 15) is 18.5 Å². The third kappa shape index (κ3) is 3.48. The zero-order chi connectivity index (χ0) is 22.3. The van der Waals surface area contributed by atoms with Gasteiger partial charge in [0.05, 0.1) is 10.5 Å². The molecule has 1 aromatic heterocycles. The molecule has 3 aromatic rings. The Morgan fingerprint density at radius 3 is 2.53 bits per heavy atom. The molecule has 2 aromatic carbocycles. The van der Waals surface area contributed by atoms with E-state index in [1.54, 1.807) is 17.0 Å². The van der Waals surface area contributed by atoms with Crippen molar-refractivity contribution in [3.8, 4) is 6.07 Å². The Morgan fingerprint density at radius 1 is 1.00 bits per heavy atom. The van der Waals surface area contributed by atoms with Crippen molar-refractivity contribution in [2.24, 2.45) is 0 Å². The SMILES string of the molecule is N#Cc1ccccc1S(=O)(=O)N1CCN(C(=O)c2ccc3[nH]c4c(c3c2)CCCC4)CC1. The number of hydrogen-bond acceptors (Lipinski definition) is 4. The summed E-state index contributed by atoms with van der Waals surface area (Å²) in [7, 11) is -3.78. The number of nitriles is 1. The van der Waals surface area contributed by atoms with Gasteiger partial charge in [-0.1, -0.05) is 12.1 Å². The van der Waals surface area contributed by atoms with Gasteiger partial charge in [-0.25, -0.2) is 8.42 Å². The number of aromatic nitrogens is 1. The summed E-state index contributed by atoms with van der Waals surface area (Å²) in [6.07, 6.45) is 4.45. The fourth-order valence-corrected chi connectivity index (χ4v) is 6.34. The van der Waals surface area contributed by atoms with Crippen LogP contribution in [-0.4, -0.2) is 54.7 Å². The maximum absolute atomic E-state index is 13.2. The standard InChI is InChI=1S/C24H24N4O3S/c25-16-18-5-1-4-8-23(18)32(30,31)28-13-11-27(12-14-28)24(29)17-9-10-22-20(15-17)19-6-2-3-7-21(19)26-22/h1,4-5,8-10,15,26H,2-3,6-7,11-14H2. The molecule has 1 saturated heterocycles. The van der Waals surface area contributed by atoms with Crippen LogP contribution in [-0.2, 0) is 22.9 Å². The number of nitrogens with zero attached hydrogens (tertiary/aromatic N) is 3. The molecule has 1 fully saturated rings. The summed E-state index contributed by atoms with van der Waals surface area (Å²) in [5.74, 6) is -0.0767. The topological polar surface area (TPSA) is 97.3 Å². The maximum Gasteiger partial charge on any atom is 0.253 e. The fourth-order valence-electron chi connectivity index (χ4n) is 4.78. The molecule has 0 saturated carbocycles. The lowest BCUT2D eigenvalue weighted by atomic mass is 9.95. The van der Waals surface area contributed by atoms with E-state index in [0.29, 0.717) is 18.7 Å². The molecule has 0 atom stereocenters. The van der Waals surface area contributed by atoms with E-state index >= 15 is 0 Å². The molecule has 7 nitrogen and oxygen atoms in total. The summed E-state index contributed by atoms with van der Waals surface area (Å²) in [5, 5.41) is 10.4. The second-order valence-corrected chi connectivity index (χ2v) is 10.3. The lowest BCUT2D eigenvalue weighted by Crippen LogP contribution is -2.50. The lowest BCUT2D eigenvalue weighted by Gasteiger charge is -2.34. The Bertz CT molecular complexity index is 1350. The average molecular weight is 449 g/mol. The van der Waals surface area contributed by atoms with Crippen molar-refractivity contribution in [2.45, 2.75) is 30.6 Å². The Balaban J connectivity index is 1.33. The van der Waals surface area contributed by atoms with Crippen LogP contribution in [0.15, 0.2) is 47.4 Å². The van der Waals surface area contributed by atoms with Crippen LogP contribution in [0.1, 0.15) is 40.0 Å². The number of piperazine rings is 1. The fraction of sp³-hybridized carbons (Fsp3) is 0.333. The Hall–Kier alpha value is -3.15. The summed E-state index contributed by atoms with van der Waals surface area (Å²) in [6, 6.07) is 14.0. The van der Waals surface area contributed by atoms with Gasteiger partial charge in [0.1, 0.15) is 6.07 Å². The minimum absolute atomic E-state index is 0.0185. The van der Waals surface area contributed by atoms with E-state index in [0.717, 1.165) is 23.7 Å². The van der Waals surface area contributed by atoms with Crippen molar-refractivity contribution >= 4 is 26.8 Å². The molecule has 0 spiro atoms. The van der Waals surface area contributed by atoms with Crippen molar-refractivity contribution in [3.05, 3.63) is 64.8 Å². The Labute approximate surface area is 187 Å². The van der Waals surface area contributed by atoms with Crippen molar-refractivity contribution in [1.82, 2.24) is 14.2 Å². The van der Waals surface area contributed by atoms with E-state index in [-0.39, 0.29) is 29.5 Å². The number of carbonyl (C=O) groups excluding carboxylic acids is 1. The number of aromatic amines is 1. The number of carbonyl (C=O) groups is 1. The van der Waals surface area contributed by atoms with Crippen LogP contribution >= 0.6 is 0 Å². The van der Waals surface area contributed by atoms with Gasteiger partial charge in [0, 0.05) is 48.3 Å². The summed E-state index contributed by atoms with van der Waals surface area (Å²) >= 11 is 0. The Morgan fingerprint density at radius 2 is 1.75 bits per heavy atom. The van der Waals surface area contributed by atoms with Gasteiger partial charge in [0.2, 0.25) is 10.0 Å². The first-order valence-corrected chi connectivity index (χ1v) is 12.3. The number of rotatable bonds is 3. The average Bonchev–Trinajstić information content (AvgIpc) is 3.21. The Kier molecular flexibility index (Phi) is 5.24. The number of fused-ring (bicyclic) bond motifs is 3. The van der Waals surface area contributed by atoms with E-state index in [4.69, 9.17) is 0 Å². The molecule has 2 aliphatic rings. The van der Waals surface area contributed by atoms with Crippen molar-refractivity contribution in [1.29, 1.82) is 5.26 Å². The van der Waals surface area contributed by atoms with Gasteiger partial charge in [-0.05, 0) is 61.6 Å². The van der Waals surface area contributed by atoms with Crippen LogP contribution in [0.2, 0.25) is 0 Å². The molecule has 164 valence electrons. The summed E-state index contributed by atoms with van der Waals surface area (Å²) in [5.41, 5.74) is 4.45. The molecule has 1 N–H and O–H groups in total. The van der Waals surface area contributed by atoms with Crippen LogP contribution in [0.5, 0.6) is 0 Å². The molecule has 0 bridgehead atoms. The zero-order valence-corrected chi connectivity index (χ0v) is 18.5. The normalized spacial score (nSPS) is 17.2. The van der Waals surface area contributed by atoms with Gasteiger partial charge in [-0.15, -0.1) is 0 Å². The third-order valence-electron chi connectivity index (χ3n) is 6.50. The maximum atomic E-state index is 13.2. The number of benzene rings is 2. The zero-order valence-electron chi connectivity index (χ0n) is 17.7. The highest BCUT2D eigenvalue weighted by atomic mass is 32.2. The lowest BCUT2D eigenvalue weighted by molar-refractivity contribution is 0.0698. The van der Waals surface area contributed by atoms with Crippen molar-refractivity contribution in [3.63, 3.8) is 0 Å². The molecule has 0 radical (unpaired) electrons. The molecule has 1 aliphatic heterocycles. The summed E-state index contributed by atoms with van der Waals surface area (Å²) in [4.78, 5) is 18.4. The number of aryl methyl sites for hydroxylation is 2.